The molecule has 1 N–H and O–H groups in total. The van der Waals surface area contributed by atoms with Crippen LogP contribution in [0, 0.1) is 0 Å². The smallest absolute Gasteiger partial charge is 0.254 e. The zero-order valence-corrected chi connectivity index (χ0v) is 11.2. The summed E-state index contributed by atoms with van der Waals surface area (Å²) in [6.07, 6.45) is 1.84. The van der Waals surface area contributed by atoms with Crippen molar-refractivity contribution < 1.29 is 14.3 Å². The lowest BCUT2D eigenvalue weighted by molar-refractivity contribution is -0.124. The van der Waals surface area contributed by atoms with Crippen molar-refractivity contribution in [3.05, 3.63) is 41.0 Å². The highest BCUT2D eigenvalue weighted by atomic mass is 16.5. The maximum atomic E-state index is 11.5. The number of imide groups is 1. The maximum absolute atomic E-state index is 11.5. The second-order valence-corrected chi connectivity index (χ2v) is 4.66. The number of aryl methyl sites for hydroxylation is 1. The molecule has 2 rings (SSSR count). The van der Waals surface area contributed by atoms with Gasteiger partial charge in [0.25, 0.3) is 5.91 Å². The summed E-state index contributed by atoms with van der Waals surface area (Å²) in [6, 6.07) is 7.86. The van der Waals surface area contributed by atoms with Crippen molar-refractivity contribution in [1.29, 1.82) is 0 Å². The van der Waals surface area contributed by atoms with Crippen molar-refractivity contribution in [3.8, 4) is 5.75 Å². The predicted octanol–water partition coefficient (Wildman–Crippen LogP) is 1.99. The van der Waals surface area contributed by atoms with Crippen molar-refractivity contribution in [2.45, 2.75) is 26.2 Å². The molecular weight excluding hydrogens is 242 g/mol. The van der Waals surface area contributed by atoms with Crippen molar-refractivity contribution in [3.63, 3.8) is 0 Å². The van der Waals surface area contributed by atoms with E-state index in [1.165, 1.54) is 5.56 Å². The Hall–Kier alpha value is -2.10. The van der Waals surface area contributed by atoms with Crippen molar-refractivity contribution in [2.75, 3.05) is 7.11 Å². The van der Waals surface area contributed by atoms with Gasteiger partial charge in [-0.2, -0.15) is 0 Å². The summed E-state index contributed by atoms with van der Waals surface area (Å²) >= 11 is 0. The van der Waals surface area contributed by atoms with Crippen LogP contribution < -0.4 is 10.1 Å². The summed E-state index contributed by atoms with van der Waals surface area (Å²) in [5, 5.41) is 2.31. The molecule has 1 aromatic carbocycles. The third-order valence-corrected chi connectivity index (χ3v) is 3.33. The van der Waals surface area contributed by atoms with E-state index >= 15 is 0 Å². The van der Waals surface area contributed by atoms with Gasteiger partial charge in [-0.05, 0) is 37.5 Å². The Morgan fingerprint density at radius 2 is 1.95 bits per heavy atom. The van der Waals surface area contributed by atoms with Gasteiger partial charge in [0.05, 0.1) is 13.5 Å². The van der Waals surface area contributed by atoms with Crippen LogP contribution in [0.5, 0.6) is 5.75 Å². The van der Waals surface area contributed by atoms with E-state index in [9.17, 15) is 9.59 Å². The standard InChI is InChI=1S/C15H17NO3/c1-10(13-9-14(17)16-15(13)18)3-4-11-5-7-12(19-2)8-6-11/h5-8H,3-4,9H2,1-2H3,(H,16,17,18)/b13-10-. The van der Waals surface area contributed by atoms with Crippen LogP contribution in [0.3, 0.4) is 0 Å². The first-order chi connectivity index (χ1) is 9.10. The number of amides is 2. The quantitative estimate of drug-likeness (QED) is 0.664. The van der Waals surface area contributed by atoms with Crippen LogP contribution in [0.1, 0.15) is 25.3 Å². The number of hydrogen-bond acceptors (Lipinski definition) is 3. The normalized spacial score (nSPS) is 17.4. The van der Waals surface area contributed by atoms with E-state index in [1.54, 1.807) is 7.11 Å². The minimum absolute atomic E-state index is 0.205. The summed E-state index contributed by atoms with van der Waals surface area (Å²) < 4.78 is 5.10. The van der Waals surface area contributed by atoms with Gasteiger partial charge >= 0.3 is 0 Å². The molecule has 1 heterocycles. The van der Waals surface area contributed by atoms with Crippen LogP contribution in [-0.4, -0.2) is 18.9 Å². The molecule has 0 aliphatic carbocycles. The minimum atomic E-state index is -0.239. The molecule has 1 saturated heterocycles. The van der Waals surface area contributed by atoms with Crippen molar-refractivity contribution in [1.82, 2.24) is 5.32 Å². The van der Waals surface area contributed by atoms with Gasteiger partial charge in [-0.1, -0.05) is 17.7 Å². The Morgan fingerprint density at radius 3 is 2.47 bits per heavy atom. The topological polar surface area (TPSA) is 55.4 Å². The van der Waals surface area contributed by atoms with Gasteiger partial charge in [0.15, 0.2) is 0 Å². The Bertz CT molecular complexity index is 529. The Balaban J connectivity index is 1.99. The highest BCUT2D eigenvalue weighted by Gasteiger charge is 2.25. The molecule has 0 aromatic heterocycles. The molecule has 1 aliphatic heterocycles. The lowest BCUT2D eigenvalue weighted by atomic mass is 10.0. The van der Waals surface area contributed by atoms with E-state index in [2.05, 4.69) is 5.32 Å². The van der Waals surface area contributed by atoms with Crippen LogP contribution in [0.4, 0.5) is 0 Å². The zero-order chi connectivity index (χ0) is 13.8. The molecule has 0 radical (unpaired) electrons. The molecule has 1 aliphatic rings. The van der Waals surface area contributed by atoms with Gasteiger partial charge < -0.3 is 4.74 Å². The molecule has 4 heteroatoms. The largest absolute Gasteiger partial charge is 0.497 e. The van der Waals surface area contributed by atoms with Gasteiger partial charge in [0.1, 0.15) is 5.75 Å². The van der Waals surface area contributed by atoms with Crippen LogP contribution in [0.2, 0.25) is 0 Å². The van der Waals surface area contributed by atoms with E-state index in [0.717, 1.165) is 24.2 Å². The number of methoxy groups -OCH3 is 1. The molecule has 0 spiro atoms. The summed E-state index contributed by atoms with van der Waals surface area (Å²) in [6.45, 7) is 1.91. The van der Waals surface area contributed by atoms with E-state index in [4.69, 9.17) is 4.74 Å². The molecule has 0 saturated carbocycles. The van der Waals surface area contributed by atoms with Crippen molar-refractivity contribution >= 4 is 11.8 Å². The fraction of sp³-hybridized carbons (Fsp3) is 0.333. The molecule has 1 fully saturated rings. The molecule has 0 atom stereocenters. The third-order valence-electron chi connectivity index (χ3n) is 3.33. The van der Waals surface area contributed by atoms with E-state index in [-0.39, 0.29) is 18.2 Å². The first-order valence-electron chi connectivity index (χ1n) is 6.26. The first kappa shape index (κ1) is 13.3. The average Bonchev–Trinajstić information content (AvgIpc) is 2.75. The molecule has 1 aromatic rings. The molecule has 0 bridgehead atoms. The number of allylic oxidation sites excluding steroid dienone is 1. The fourth-order valence-corrected chi connectivity index (χ4v) is 2.11. The lowest BCUT2D eigenvalue weighted by Gasteiger charge is -2.05. The Morgan fingerprint density at radius 1 is 1.26 bits per heavy atom. The van der Waals surface area contributed by atoms with Crippen LogP contribution in [-0.2, 0) is 16.0 Å². The van der Waals surface area contributed by atoms with Crippen LogP contribution in [0.15, 0.2) is 35.4 Å². The Labute approximate surface area is 112 Å². The summed E-state index contributed by atoms with van der Waals surface area (Å²) in [4.78, 5) is 22.6. The molecule has 100 valence electrons. The number of ether oxygens (including phenoxy) is 1. The maximum Gasteiger partial charge on any atom is 0.254 e. The second-order valence-electron chi connectivity index (χ2n) is 4.66. The van der Waals surface area contributed by atoms with Crippen LogP contribution in [0.25, 0.3) is 0 Å². The third kappa shape index (κ3) is 3.22. The van der Waals surface area contributed by atoms with Gasteiger partial charge in [-0.15, -0.1) is 0 Å². The van der Waals surface area contributed by atoms with Gasteiger partial charge in [-0.3, -0.25) is 14.9 Å². The van der Waals surface area contributed by atoms with E-state index in [1.807, 2.05) is 31.2 Å². The number of nitrogens with one attached hydrogen (secondary N) is 1. The van der Waals surface area contributed by atoms with E-state index in [0.29, 0.717) is 5.57 Å². The van der Waals surface area contributed by atoms with Gasteiger partial charge in [0, 0.05) is 5.57 Å². The highest BCUT2D eigenvalue weighted by Crippen LogP contribution is 2.20. The van der Waals surface area contributed by atoms with Crippen molar-refractivity contribution in [2.24, 2.45) is 0 Å². The number of carbonyl (C=O) groups is 2. The first-order valence-corrected chi connectivity index (χ1v) is 6.26. The number of benzene rings is 1. The van der Waals surface area contributed by atoms with Gasteiger partial charge in [0.2, 0.25) is 5.91 Å². The molecular formula is C15H17NO3. The zero-order valence-electron chi connectivity index (χ0n) is 11.2. The van der Waals surface area contributed by atoms with Crippen LogP contribution >= 0.6 is 0 Å². The summed E-state index contributed by atoms with van der Waals surface area (Å²) in [5.41, 5.74) is 2.79. The summed E-state index contributed by atoms with van der Waals surface area (Å²) in [7, 11) is 1.64. The average molecular weight is 259 g/mol. The number of rotatable bonds is 4. The lowest BCUT2D eigenvalue weighted by Crippen LogP contribution is -2.19. The Kier molecular flexibility index (Phi) is 4.00. The fourth-order valence-electron chi connectivity index (χ4n) is 2.11. The molecule has 2 amide bonds. The summed E-state index contributed by atoms with van der Waals surface area (Å²) in [5.74, 6) is 0.389. The minimum Gasteiger partial charge on any atom is -0.497 e. The molecule has 19 heavy (non-hydrogen) atoms. The van der Waals surface area contributed by atoms with E-state index < -0.39 is 0 Å². The molecule has 4 nitrogen and oxygen atoms in total. The second kappa shape index (κ2) is 5.69. The molecule has 0 unspecified atom stereocenters. The van der Waals surface area contributed by atoms with Gasteiger partial charge in [-0.25, -0.2) is 0 Å². The SMILES string of the molecule is COc1ccc(CC/C(C)=C2/CC(=O)NC2=O)cc1. The number of carbonyl (C=O) groups excluding carboxylic acids is 2. The monoisotopic (exact) mass is 259 g/mol. The highest BCUT2D eigenvalue weighted by molar-refractivity contribution is 6.13. The predicted molar refractivity (Wildman–Crippen MR) is 71.8 cm³/mol. The number of hydrogen-bond donors (Lipinski definition) is 1.